The highest BCUT2D eigenvalue weighted by Crippen LogP contribution is 2.31. The lowest BCUT2D eigenvalue weighted by atomic mass is 9.78. The molecule has 1 fully saturated rings. The first-order valence-corrected chi connectivity index (χ1v) is 5.24. The molecule has 0 bridgehead atoms. The second kappa shape index (κ2) is 4.75. The molecule has 0 aliphatic carbocycles. The third-order valence-corrected chi connectivity index (χ3v) is 3.10. The quantitative estimate of drug-likeness (QED) is 0.627. The van der Waals surface area contributed by atoms with E-state index in [9.17, 15) is 4.79 Å². The predicted octanol–water partition coefficient (Wildman–Crippen LogP) is 2.42. The molecule has 2 nitrogen and oxygen atoms in total. The Labute approximate surface area is 80.7 Å². The summed E-state index contributed by atoms with van der Waals surface area (Å²) in [7, 11) is 0. The van der Waals surface area contributed by atoms with E-state index in [1.54, 1.807) is 0 Å². The van der Waals surface area contributed by atoms with Crippen molar-refractivity contribution in [3.8, 4) is 0 Å². The lowest BCUT2D eigenvalue weighted by Gasteiger charge is -2.29. The summed E-state index contributed by atoms with van der Waals surface area (Å²) in [5.74, 6) is 0.601. The Hall–Kier alpha value is -0.370. The molecular weight excluding hydrogens is 164 g/mol. The molecule has 0 aromatic heterocycles. The van der Waals surface area contributed by atoms with Crippen LogP contribution in [0.5, 0.6) is 0 Å². The SMILES string of the molecule is CCC(C)(C=O)CC1CCCOC1. The Morgan fingerprint density at radius 2 is 2.38 bits per heavy atom. The fourth-order valence-electron chi connectivity index (χ4n) is 1.90. The van der Waals surface area contributed by atoms with Crippen LogP contribution in [-0.2, 0) is 9.53 Å². The summed E-state index contributed by atoms with van der Waals surface area (Å²) in [6, 6.07) is 0. The van der Waals surface area contributed by atoms with Crippen LogP contribution in [0.1, 0.15) is 39.5 Å². The normalized spacial score (nSPS) is 28.0. The number of rotatable bonds is 4. The highest BCUT2D eigenvalue weighted by Gasteiger charge is 2.27. The third-order valence-electron chi connectivity index (χ3n) is 3.10. The Kier molecular flexibility index (Phi) is 3.91. The van der Waals surface area contributed by atoms with Crippen LogP contribution >= 0.6 is 0 Å². The van der Waals surface area contributed by atoms with Gasteiger partial charge in [-0.3, -0.25) is 0 Å². The Bertz CT molecular complexity index is 161. The molecule has 0 spiro atoms. The maximum absolute atomic E-state index is 10.9. The van der Waals surface area contributed by atoms with Crippen molar-refractivity contribution in [1.82, 2.24) is 0 Å². The van der Waals surface area contributed by atoms with Gasteiger partial charge in [-0.1, -0.05) is 13.8 Å². The van der Waals surface area contributed by atoms with Gasteiger partial charge in [0.15, 0.2) is 0 Å². The van der Waals surface area contributed by atoms with E-state index >= 15 is 0 Å². The summed E-state index contributed by atoms with van der Waals surface area (Å²) in [6.45, 7) is 5.89. The smallest absolute Gasteiger partial charge is 0.125 e. The van der Waals surface area contributed by atoms with Crippen molar-refractivity contribution in [2.45, 2.75) is 39.5 Å². The molecule has 76 valence electrons. The lowest BCUT2D eigenvalue weighted by molar-refractivity contribution is -0.117. The minimum atomic E-state index is -0.120. The fourth-order valence-corrected chi connectivity index (χ4v) is 1.90. The van der Waals surface area contributed by atoms with Crippen LogP contribution in [0.25, 0.3) is 0 Å². The van der Waals surface area contributed by atoms with Crippen LogP contribution in [0.3, 0.4) is 0 Å². The maximum Gasteiger partial charge on any atom is 0.125 e. The highest BCUT2D eigenvalue weighted by molar-refractivity contribution is 5.58. The van der Waals surface area contributed by atoms with Gasteiger partial charge in [-0.25, -0.2) is 0 Å². The molecule has 0 aromatic carbocycles. The van der Waals surface area contributed by atoms with Gasteiger partial charge in [-0.05, 0) is 31.6 Å². The van der Waals surface area contributed by atoms with E-state index < -0.39 is 0 Å². The zero-order chi connectivity index (χ0) is 9.73. The second-order valence-corrected chi connectivity index (χ2v) is 4.41. The molecule has 13 heavy (non-hydrogen) atoms. The molecule has 2 atom stereocenters. The molecule has 0 aromatic rings. The molecule has 1 rings (SSSR count). The van der Waals surface area contributed by atoms with Gasteiger partial charge >= 0.3 is 0 Å². The average molecular weight is 184 g/mol. The van der Waals surface area contributed by atoms with E-state index in [4.69, 9.17) is 4.74 Å². The van der Waals surface area contributed by atoms with Crippen LogP contribution in [0.15, 0.2) is 0 Å². The van der Waals surface area contributed by atoms with Crippen molar-refractivity contribution in [2.75, 3.05) is 13.2 Å². The monoisotopic (exact) mass is 184 g/mol. The third kappa shape index (κ3) is 3.11. The fraction of sp³-hybridized carbons (Fsp3) is 0.909. The zero-order valence-electron chi connectivity index (χ0n) is 8.71. The average Bonchev–Trinajstić information content (AvgIpc) is 2.19. The summed E-state index contributed by atoms with van der Waals surface area (Å²) in [4.78, 5) is 10.9. The van der Waals surface area contributed by atoms with Gasteiger partial charge in [0.05, 0.1) is 0 Å². The van der Waals surface area contributed by atoms with Gasteiger partial charge < -0.3 is 9.53 Å². The van der Waals surface area contributed by atoms with Gasteiger partial charge in [-0.15, -0.1) is 0 Å². The minimum absolute atomic E-state index is 0.120. The van der Waals surface area contributed by atoms with Crippen molar-refractivity contribution in [1.29, 1.82) is 0 Å². The van der Waals surface area contributed by atoms with E-state index in [1.807, 2.05) is 0 Å². The molecule has 0 N–H and O–H groups in total. The number of ether oxygens (including phenoxy) is 1. The van der Waals surface area contributed by atoms with Crippen molar-refractivity contribution >= 4 is 6.29 Å². The molecule has 0 amide bonds. The Morgan fingerprint density at radius 1 is 1.62 bits per heavy atom. The highest BCUT2D eigenvalue weighted by atomic mass is 16.5. The molecule has 1 aliphatic rings. The number of carbonyl (C=O) groups is 1. The number of hydrogen-bond donors (Lipinski definition) is 0. The summed E-state index contributed by atoms with van der Waals surface area (Å²) in [5, 5.41) is 0. The van der Waals surface area contributed by atoms with Crippen LogP contribution in [0.2, 0.25) is 0 Å². The maximum atomic E-state index is 10.9. The van der Waals surface area contributed by atoms with E-state index in [-0.39, 0.29) is 5.41 Å². The molecule has 1 saturated heterocycles. The van der Waals surface area contributed by atoms with E-state index in [1.165, 1.54) is 6.42 Å². The number of carbonyl (C=O) groups excluding carboxylic acids is 1. The van der Waals surface area contributed by atoms with E-state index in [2.05, 4.69) is 13.8 Å². The summed E-state index contributed by atoms with van der Waals surface area (Å²) < 4.78 is 5.40. The van der Waals surface area contributed by atoms with Crippen LogP contribution in [0.4, 0.5) is 0 Å². The summed E-state index contributed by atoms with van der Waals surface area (Å²) in [5.41, 5.74) is -0.120. The van der Waals surface area contributed by atoms with E-state index in [0.717, 1.165) is 38.8 Å². The van der Waals surface area contributed by atoms with Crippen molar-refractivity contribution in [2.24, 2.45) is 11.3 Å². The van der Waals surface area contributed by atoms with E-state index in [0.29, 0.717) is 5.92 Å². The van der Waals surface area contributed by atoms with Gasteiger partial charge in [0.1, 0.15) is 6.29 Å². The minimum Gasteiger partial charge on any atom is -0.381 e. The molecule has 0 radical (unpaired) electrons. The van der Waals surface area contributed by atoms with Crippen molar-refractivity contribution < 1.29 is 9.53 Å². The van der Waals surface area contributed by atoms with Crippen molar-refractivity contribution in [3.63, 3.8) is 0 Å². The predicted molar refractivity (Wildman–Crippen MR) is 52.6 cm³/mol. The largest absolute Gasteiger partial charge is 0.381 e. The zero-order valence-corrected chi connectivity index (χ0v) is 8.71. The van der Waals surface area contributed by atoms with Crippen molar-refractivity contribution in [3.05, 3.63) is 0 Å². The van der Waals surface area contributed by atoms with Crippen LogP contribution in [-0.4, -0.2) is 19.5 Å². The Balaban J connectivity index is 2.40. The molecule has 0 saturated carbocycles. The summed E-state index contributed by atoms with van der Waals surface area (Å²) in [6.07, 6.45) is 5.42. The first-order chi connectivity index (χ1) is 6.20. The number of hydrogen-bond acceptors (Lipinski definition) is 2. The van der Waals surface area contributed by atoms with Crippen LogP contribution in [0, 0.1) is 11.3 Å². The molecule has 1 heterocycles. The van der Waals surface area contributed by atoms with Crippen LogP contribution < -0.4 is 0 Å². The van der Waals surface area contributed by atoms with Gasteiger partial charge in [0, 0.05) is 18.6 Å². The first-order valence-electron chi connectivity index (χ1n) is 5.24. The first kappa shape index (κ1) is 10.7. The Morgan fingerprint density at radius 3 is 2.85 bits per heavy atom. The topological polar surface area (TPSA) is 26.3 Å². The standard InChI is InChI=1S/C11H20O2/c1-3-11(2,9-12)7-10-5-4-6-13-8-10/h9-10H,3-8H2,1-2H3. The molecule has 2 heteroatoms. The second-order valence-electron chi connectivity index (χ2n) is 4.41. The number of aldehydes is 1. The molecular formula is C11H20O2. The van der Waals surface area contributed by atoms with Gasteiger partial charge in [0.2, 0.25) is 0 Å². The molecule has 2 unspecified atom stereocenters. The molecule has 1 aliphatic heterocycles. The van der Waals surface area contributed by atoms with Gasteiger partial charge in [0.25, 0.3) is 0 Å². The lowest BCUT2D eigenvalue weighted by Crippen LogP contribution is -2.26. The summed E-state index contributed by atoms with van der Waals surface area (Å²) >= 11 is 0. The van der Waals surface area contributed by atoms with Gasteiger partial charge in [-0.2, -0.15) is 0 Å².